The quantitative estimate of drug-likeness (QED) is 0.846. The van der Waals surface area contributed by atoms with E-state index in [4.69, 9.17) is 14.2 Å². The molecule has 2 atom stereocenters. The molecule has 0 aromatic heterocycles. The molecule has 1 amide bonds. The van der Waals surface area contributed by atoms with Crippen molar-refractivity contribution in [3.05, 3.63) is 54.1 Å². The first-order valence-corrected chi connectivity index (χ1v) is 7.78. The van der Waals surface area contributed by atoms with E-state index < -0.39 is 6.10 Å². The third-order valence-corrected chi connectivity index (χ3v) is 3.70. The average molecular weight is 329 g/mol. The molecule has 0 fully saturated rings. The van der Waals surface area contributed by atoms with E-state index in [-0.39, 0.29) is 11.9 Å². The third kappa shape index (κ3) is 4.65. The van der Waals surface area contributed by atoms with Crippen LogP contribution in [-0.4, -0.2) is 26.2 Å². The summed E-state index contributed by atoms with van der Waals surface area (Å²) in [5.41, 5.74) is 0.998. The first kappa shape index (κ1) is 17.7. The zero-order chi connectivity index (χ0) is 17.5. The van der Waals surface area contributed by atoms with Crippen LogP contribution in [0.5, 0.6) is 17.2 Å². The predicted octanol–water partition coefficient (Wildman–Crippen LogP) is 3.35. The maximum absolute atomic E-state index is 12.3. The minimum Gasteiger partial charge on any atom is -0.497 e. The zero-order valence-corrected chi connectivity index (χ0v) is 14.4. The number of amides is 1. The molecule has 1 N–H and O–H groups in total. The van der Waals surface area contributed by atoms with Crippen LogP contribution in [0, 0.1) is 0 Å². The highest BCUT2D eigenvalue weighted by molar-refractivity contribution is 5.81. The summed E-state index contributed by atoms with van der Waals surface area (Å²) in [4.78, 5) is 12.3. The zero-order valence-electron chi connectivity index (χ0n) is 14.4. The number of ether oxygens (including phenoxy) is 3. The molecule has 2 aromatic carbocycles. The highest BCUT2D eigenvalue weighted by Gasteiger charge is 2.18. The van der Waals surface area contributed by atoms with Crippen molar-refractivity contribution in [3.63, 3.8) is 0 Å². The number of benzene rings is 2. The minimum atomic E-state index is -0.613. The molecule has 0 aliphatic rings. The molecule has 2 aromatic rings. The van der Waals surface area contributed by atoms with Crippen LogP contribution in [0.2, 0.25) is 0 Å². The Morgan fingerprint density at radius 3 is 2.17 bits per heavy atom. The van der Waals surface area contributed by atoms with Gasteiger partial charge in [0.25, 0.3) is 5.91 Å². The van der Waals surface area contributed by atoms with Gasteiger partial charge < -0.3 is 19.5 Å². The second kappa shape index (κ2) is 8.24. The Hall–Kier alpha value is -2.69. The van der Waals surface area contributed by atoms with Crippen molar-refractivity contribution in [2.45, 2.75) is 26.0 Å². The predicted molar refractivity (Wildman–Crippen MR) is 92.6 cm³/mol. The smallest absolute Gasteiger partial charge is 0.261 e. The van der Waals surface area contributed by atoms with Crippen LogP contribution >= 0.6 is 0 Å². The Morgan fingerprint density at radius 1 is 0.917 bits per heavy atom. The van der Waals surface area contributed by atoms with E-state index in [0.717, 1.165) is 11.3 Å². The second-order valence-electron chi connectivity index (χ2n) is 5.44. The van der Waals surface area contributed by atoms with Crippen LogP contribution < -0.4 is 19.5 Å². The number of methoxy groups -OCH3 is 2. The molecule has 0 aliphatic carbocycles. The maximum Gasteiger partial charge on any atom is 0.261 e. The van der Waals surface area contributed by atoms with Gasteiger partial charge in [-0.15, -0.1) is 0 Å². The standard InChI is InChI=1S/C19H23NO4/c1-13(15-8-10-16(22-3)11-9-15)20-19(21)14(2)24-18-7-5-6-17(12-18)23-4/h5-14H,1-4H3,(H,20,21). The highest BCUT2D eigenvalue weighted by Crippen LogP contribution is 2.21. The van der Waals surface area contributed by atoms with Gasteiger partial charge in [0.2, 0.25) is 0 Å². The molecule has 0 saturated carbocycles. The fourth-order valence-corrected chi connectivity index (χ4v) is 2.24. The lowest BCUT2D eigenvalue weighted by atomic mass is 10.1. The van der Waals surface area contributed by atoms with Crippen molar-refractivity contribution in [1.29, 1.82) is 0 Å². The summed E-state index contributed by atoms with van der Waals surface area (Å²) in [6, 6.07) is 14.6. The normalized spacial score (nSPS) is 12.8. The molecule has 2 rings (SSSR count). The first-order chi connectivity index (χ1) is 11.5. The molecule has 128 valence electrons. The minimum absolute atomic E-state index is 0.125. The Labute approximate surface area is 142 Å². The summed E-state index contributed by atoms with van der Waals surface area (Å²) < 4.78 is 16.0. The van der Waals surface area contributed by atoms with E-state index in [1.165, 1.54) is 0 Å². The lowest BCUT2D eigenvalue weighted by Crippen LogP contribution is -2.37. The Kier molecular flexibility index (Phi) is 6.07. The Morgan fingerprint density at radius 2 is 1.54 bits per heavy atom. The molecular formula is C19H23NO4. The summed E-state index contributed by atoms with van der Waals surface area (Å²) in [6.07, 6.45) is -0.613. The van der Waals surface area contributed by atoms with Crippen LogP contribution in [0.3, 0.4) is 0 Å². The molecule has 0 spiro atoms. The van der Waals surface area contributed by atoms with Crippen molar-refractivity contribution in [3.8, 4) is 17.2 Å². The van der Waals surface area contributed by atoms with Gasteiger partial charge in [-0.1, -0.05) is 18.2 Å². The van der Waals surface area contributed by atoms with E-state index in [1.54, 1.807) is 33.3 Å². The van der Waals surface area contributed by atoms with Crippen molar-refractivity contribution in [1.82, 2.24) is 5.32 Å². The molecule has 0 heterocycles. The molecule has 0 radical (unpaired) electrons. The molecule has 0 saturated heterocycles. The van der Waals surface area contributed by atoms with Crippen molar-refractivity contribution < 1.29 is 19.0 Å². The fraction of sp³-hybridized carbons (Fsp3) is 0.316. The second-order valence-corrected chi connectivity index (χ2v) is 5.44. The maximum atomic E-state index is 12.3. The van der Waals surface area contributed by atoms with Gasteiger partial charge >= 0.3 is 0 Å². The molecule has 5 heteroatoms. The van der Waals surface area contributed by atoms with E-state index >= 15 is 0 Å². The summed E-state index contributed by atoms with van der Waals surface area (Å²) in [6.45, 7) is 3.65. The largest absolute Gasteiger partial charge is 0.497 e. The Bertz CT molecular complexity index is 669. The van der Waals surface area contributed by atoms with Crippen LogP contribution in [0.1, 0.15) is 25.5 Å². The lowest BCUT2D eigenvalue weighted by molar-refractivity contribution is -0.127. The number of nitrogens with one attached hydrogen (secondary N) is 1. The molecule has 24 heavy (non-hydrogen) atoms. The van der Waals surface area contributed by atoms with Gasteiger partial charge in [0.05, 0.1) is 20.3 Å². The summed E-state index contributed by atoms with van der Waals surface area (Å²) in [7, 11) is 3.21. The third-order valence-electron chi connectivity index (χ3n) is 3.70. The van der Waals surface area contributed by atoms with Gasteiger partial charge in [0, 0.05) is 6.07 Å². The van der Waals surface area contributed by atoms with Crippen LogP contribution in [0.15, 0.2) is 48.5 Å². The van der Waals surface area contributed by atoms with Crippen LogP contribution in [0.4, 0.5) is 0 Å². The van der Waals surface area contributed by atoms with Gasteiger partial charge in [-0.3, -0.25) is 4.79 Å². The first-order valence-electron chi connectivity index (χ1n) is 7.78. The molecule has 2 unspecified atom stereocenters. The van der Waals surface area contributed by atoms with E-state index in [1.807, 2.05) is 43.3 Å². The molecule has 5 nitrogen and oxygen atoms in total. The molecular weight excluding hydrogens is 306 g/mol. The van der Waals surface area contributed by atoms with Gasteiger partial charge in [-0.2, -0.15) is 0 Å². The summed E-state index contributed by atoms with van der Waals surface area (Å²) in [5.74, 6) is 1.88. The SMILES string of the molecule is COc1ccc(C(C)NC(=O)C(C)Oc2cccc(OC)c2)cc1. The number of carbonyl (C=O) groups is 1. The lowest BCUT2D eigenvalue weighted by Gasteiger charge is -2.19. The fourth-order valence-electron chi connectivity index (χ4n) is 2.24. The van der Waals surface area contributed by atoms with E-state index in [2.05, 4.69) is 5.32 Å². The van der Waals surface area contributed by atoms with Crippen LogP contribution in [-0.2, 0) is 4.79 Å². The molecule has 0 bridgehead atoms. The van der Waals surface area contributed by atoms with E-state index in [0.29, 0.717) is 11.5 Å². The van der Waals surface area contributed by atoms with Gasteiger partial charge in [-0.05, 0) is 43.7 Å². The summed E-state index contributed by atoms with van der Waals surface area (Å²) in [5, 5.41) is 2.95. The topological polar surface area (TPSA) is 56.8 Å². The number of hydrogen-bond donors (Lipinski definition) is 1. The van der Waals surface area contributed by atoms with Crippen molar-refractivity contribution in [2.75, 3.05) is 14.2 Å². The van der Waals surface area contributed by atoms with Crippen LogP contribution in [0.25, 0.3) is 0 Å². The van der Waals surface area contributed by atoms with Gasteiger partial charge in [0.1, 0.15) is 17.2 Å². The van der Waals surface area contributed by atoms with Crippen molar-refractivity contribution in [2.24, 2.45) is 0 Å². The average Bonchev–Trinajstić information content (AvgIpc) is 2.61. The van der Waals surface area contributed by atoms with E-state index in [9.17, 15) is 4.79 Å². The summed E-state index contributed by atoms with van der Waals surface area (Å²) >= 11 is 0. The molecule has 0 aliphatic heterocycles. The Balaban J connectivity index is 1.94. The monoisotopic (exact) mass is 329 g/mol. The van der Waals surface area contributed by atoms with Crippen molar-refractivity contribution >= 4 is 5.91 Å². The highest BCUT2D eigenvalue weighted by atomic mass is 16.5. The number of hydrogen-bond acceptors (Lipinski definition) is 4. The van der Waals surface area contributed by atoms with Gasteiger partial charge in [0.15, 0.2) is 6.10 Å². The number of carbonyl (C=O) groups excluding carboxylic acids is 1. The van der Waals surface area contributed by atoms with Gasteiger partial charge in [-0.25, -0.2) is 0 Å². The number of rotatable bonds is 7.